The Bertz CT molecular complexity index is 715. The van der Waals surface area contributed by atoms with Gasteiger partial charge in [0.2, 0.25) is 0 Å². The Morgan fingerprint density at radius 1 is 1.04 bits per heavy atom. The first-order chi connectivity index (χ1) is 11.8. The van der Waals surface area contributed by atoms with E-state index in [1.807, 2.05) is 43.3 Å². The Hall–Kier alpha value is -2.55. The lowest BCUT2D eigenvalue weighted by molar-refractivity contribution is -0.120. The quantitative estimate of drug-likeness (QED) is 0.902. The van der Waals surface area contributed by atoms with Crippen LogP contribution in [-0.4, -0.2) is 12.0 Å². The molecule has 0 saturated heterocycles. The average Bonchev–Trinajstić information content (AvgIpc) is 3.33. The first-order valence-corrected chi connectivity index (χ1v) is 8.59. The molecule has 1 aliphatic heterocycles. The fraction of sp³-hybridized carbons (Fsp3) is 0.286. The summed E-state index contributed by atoms with van der Waals surface area (Å²) in [6, 6.07) is 20.4. The normalized spacial score (nSPS) is 25.1. The molecule has 0 bridgehead atoms. The molecular formula is C21H21NO2. The van der Waals surface area contributed by atoms with Gasteiger partial charge in [-0.25, -0.2) is 0 Å². The summed E-state index contributed by atoms with van der Waals surface area (Å²) in [4.78, 5) is 11.9. The van der Waals surface area contributed by atoms with E-state index in [2.05, 4.69) is 29.6 Å². The molecule has 1 unspecified atom stereocenters. The number of hydrogen-bond acceptors (Lipinski definition) is 3. The van der Waals surface area contributed by atoms with Crippen LogP contribution in [0.25, 0.3) is 11.5 Å². The lowest BCUT2D eigenvalue weighted by Crippen LogP contribution is -2.27. The van der Waals surface area contributed by atoms with Crippen molar-refractivity contribution < 1.29 is 9.53 Å². The van der Waals surface area contributed by atoms with Crippen molar-refractivity contribution in [3.05, 3.63) is 71.8 Å². The van der Waals surface area contributed by atoms with Gasteiger partial charge in [0.05, 0.1) is 5.70 Å². The summed E-state index contributed by atoms with van der Waals surface area (Å²) >= 11 is 0. The average molecular weight is 319 g/mol. The fourth-order valence-electron chi connectivity index (χ4n) is 3.42. The Labute approximate surface area is 142 Å². The Balaban J connectivity index is 1.63. The third-order valence-corrected chi connectivity index (χ3v) is 4.85. The van der Waals surface area contributed by atoms with Crippen LogP contribution in [0, 0.1) is 11.8 Å². The zero-order chi connectivity index (χ0) is 16.5. The number of Topliss-reactive ketones (excluding diaryl/α,β-unsaturated/α-hetero) is 1. The predicted octanol–water partition coefficient (Wildman–Crippen LogP) is 4.07. The summed E-state index contributed by atoms with van der Waals surface area (Å²) in [6.45, 7) is 1.93. The summed E-state index contributed by atoms with van der Waals surface area (Å²) in [5, 5.41) is 3.53. The molecule has 3 atom stereocenters. The molecule has 4 rings (SSSR count). The number of hydrogen-bond donors (Lipinski definition) is 1. The number of carbonyl (C=O) groups is 1. The molecule has 3 heteroatoms. The highest BCUT2D eigenvalue weighted by Crippen LogP contribution is 2.47. The van der Waals surface area contributed by atoms with Gasteiger partial charge in [0.1, 0.15) is 5.78 Å². The van der Waals surface area contributed by atoms with Crippen LogP contribution in [0.5, 0.6) is 0 Å². The van der Waals surface area contributed by atoms with Crippen LogP contribution in [0.3, 0.4) is 0 Å². The van der Waals surface area contributed by atoms with Crippen molar-refractivity contribution in [3.63, 3.8) is 0 Å². The summed E-state index contributed by atoms with van der Waals surface area (Å²) in [5.74, 6) is 1.65. The van der Waals surface area contributed by atoms with Crippen molar-refractivity contribution in [3.8, 4) is 0 Å². The van der Waals surface area contributed by atoms with E-state index in [9.17, 15) is 4.79 Å². The minimum absolute atomic E-state index is 0.115. The van der Waals surface area contributed by atoms with E-state index in [-0.39, 0.29) is 18.1 Å². The summed E-state index contributed by atoms with van der Waals surface area (Å²) in [7, 11) is 0. The Morgan fingerprint density at radius 2 is 1.67 bits per heavy atom. The van der Waals surface area contributed by atoms with Gasteiger partial charge < -0.3 is 10.1 Å². The number of benzene rings is 2. The van der Waals surface area contributed by atoms with Crippen LogP contribution >= 0.6 is 0 Å². The van der Waals surface area contributed by atoms with Crippen LogP contribution in [0.1, 0.15) is 30.9 Å². The topological polar surface area (TPSA) is 38.3 Å². The number of nitrogens with one attached hydrogen (secondary N) is 1. The van der Waals surface area contributed by atoms with Gasteiger partial charge >= 0.3 is 0 Å². The summed E-state index contributed by atoms with van der Waals surface area (Å²) < 4.78 is 6.28. The van der Waals surface area contributed by atoms with E-state index in [0.29, 0.717) is 12.2 Å². The molecule has 3 nitrogen and oxygen atoms in total. The second-order valence-electron chi connectivity index (χ2n) is 6.44. The molecule has 1 fully saturated rings. The van der Waals surface area contributed by atoms with E-state index in [1.165, 1.54) is 0 Å². The van der Waals surface area contributed by atoms with Gasteiger partial charge in [-0.05, 0) is 6.42 Å². The molecule has 1 saturated carbocycles. The molecule has 0 aromatic heterocycles. The molecule has 2 aliphatic rings. The highest BCUT2D eigenvalue weighted by molar-refractivity contribution is 5.89. The van der Waals surface area contributed by atoms with Gasteiger partial charge in [0.15, 0.2) is 12.0 Å². The number of ketones is 1. The largest absolute Gasteiger partial charge is 0.468 e. The molecule has 122 valence electrons. The number of carbonyl (C=O) groups excluding carboxylic acids is 1. The van der Waals surface area contributed by atoms with Crippen molar-refractivity contribution >= 4 is 17.2 Å². The number of rotatable bonds is 5. The van der Waals surface area contributed by atoms with E-state index in [0.717, 1.165) is 29.0 Å². The van der Waals surface area contributed by atoms with Gasteiger partial charge in [-0.3, -0.25) is 4.79 Å². The first-order valence-electron chi connectivity index (χ1n) is 8.59. The second-order valence-corrected chi connectivity index (χ2v) is 6.44. The standard InChI is InChI=1S/C21H21NO2/c1-2-18(23)16-13-17(16)21-22-19(14-9-5-3-6-10-14)20(24-21)15-11-7-4-8-12-15/h3-12,16-17,21-22H,2,13H2,1H3/t16-,17-,21?/m0/s1. The van der Waals surface area contributed by atoms with Crippen molar-refractivity contribution in [1.82, 2.24) is 5.32 Å². The third kappa shape index (κ3) is 2.71. The van der Waals surface area contributed by atoms with Crippen molar-refractivity contribution in [2.24, 2.45) is 11.8 Å². The third-order valence-electron chi connectivity index (χ3n) is 4.85. The molecule has 2 aromatic rings. The van der Waals surface area contributed by atoms with Crippen molar-refractivity contribution in [2.45, 2.75) is 26.0 Å². The highest BCUT2D eigenvalue weighted by Gasteiger charge is 2.50. The van der Waals surface area contributed by atoms with Crippen LogP contribution in [0.15, 0.2) is 60.7 Å². The summed E-state index contributed by atoms with van der Waals surface area (Å²) in [6.07, 6.45) is 1.42. The monoisotopic (exact) mass is 319 g/mol. The van der Waals surface area contributed by atoms with E-state index in [4.69, 9.17) is 4.74 Å². The van der Waals surface area contributed by atoms with Crippen LogP contribution in [0.4, 0.5) is 0 Å². The molecule has 0 amide bonds. The predicted molar refractivity (Wildman–Crippen MR) is 94.6 cm³/mol. The molecule has 1 aliphatic carbocycles. The van der Waals surface area contributed by atoms with Crippen molar-refractivity contribution in [1.29, 1.82) is 0 Å². The van der Waals surface area contributed by atoms with E-state index >= 15 is 0 Å². The van der Waals surface area contributed by atoms with Crippen LogP contribution in [-0.2, 0) is 9.53 Å². The van der Waals surface area contributed by atoms with Gasteiger partial charge in [-0.1, -0.05) is 67.6 Å². The minimum atomic E-state index is -0.115. The maximum atomic E-state index is 11.9. The van der Waals surface area contributed by atoms with Crippen LogP contribution in [0.2, 0.25) is 0 Å². The molecule has 24 heavy (non-hydrogen) atoms. The zero-order valence-electron chi connectivity index (χ0n) is 13.7. The zero-order valence-corrected chi connectivity index (χ0v) is 13.7. The second kappa shape index (κ2) is 6.16. The van der Waals surface area contributed by atoms with E-state index in [1.54, 1.807) is 0 Å². The lowest BCUT2D eigenvalue weighted by atomic mass is 10.1. The van der Waals surface area contributed by atoms with Gasteiger partial charge in [-0.2, -0.15) is 0 Å². The SMILES string of the molecule is CCC(=O)[C@H]1C[C@@H]1C1NC(c2ccccc2)=C(c2ccccc2)O1. The van der Waals surface area contributed by atoms with Gasteiger partial charge in [-0.15, -0.1) is 0 Å². The Morgan fingerprint density at radius 3 is 2.29 bits per heavy atom. The van der Waals surface area contributed by atoms with Gasteiger partial charge in [0.25, 0.3) is 0 Å². The molecule has 2 aromatic carbocycles. The molecular weight excluding hydrogens is 298 g/mol. The number of ether oxygens (including phenoxy) is 1. The van der Waals surface area contributed by atoms with Crippen LogP contribution < -0.4 is 5.32 Å². The highest BCUT2D eigenvalue weighted by atomic mass is 16.5. The smallest absolute Gasteiger partial charge is 0.173 e. The summed E-state index contributed by atoms with van der Waals surface area (Å²) in [5.41, 5.74) is 3.18. The lowest BCUT2D eigenvalue weighted by Gasteiger charge is -2.13. The first kappa shape index (κ1) is 15.0. The maximum absolute atomic E-state index is 11.9. The maximum Gasteiger partial charge on any atom is 0.173 e. The fourth-order valence-corrected chi connectivity index (χ4v) is 3.42. The van der Waals surface area contributed by atoms with Gasteiger partial charge in [0, 0.05) is 29.4 Å². The van der Waals surface area contributed by atoms with Crippen molar-refractivity contribution in [2.75, 3.05) is 0 Å². The minimum Gasteiger partial charge on any atom is -0.468 e. The molecule has 1 N–H and O–H groups in total. The molecule has 0 radical (unpaired) electrons. The van der Waals surface area contributed by atoms with E-state index < -0.39 is 0 Å². The Kier molecular flexibility index (Phi) is 3.85. The molecule has 0 spiro atoms. The molecule has 1 heterocycles.